The zero-order valence-electron chi connectivity index (χ0n) is 17.2. The summed E-state index contributed by atoms with van der Waals surface area (Å²) in [6, 6.07) is 9.70. The second-order valence-electron chi connectivity index (χ2n) is 7.01. The van der Waals surface area contributed by atoms with Gasteiger partial charge in [-0.3, -0.25) is 9.59 Å². The molecule has 31 heavy (non-hydrogen) atoms. The van der Waals surface area contributed by atoms with E-state index in [1.54, 1.807) is 0 Å². The number of ether oxygens (including phenoxy) is 2. The molecule has 1 amide bonds. The highest BCUT2D eigenvalue weighted by atomic mass is 32.1. The highest BCUT2D eigenvalue weighted by Crippen LogP contribution is 2.39. The Kier molecular flexibility index (Phi) is 8.13. The third-order valence-electron chi connectivity index (χ3n) is 4.84. The van der Waals surface area contributed by atoms with E-state index in [9.17, 15) is 14.4 Å². The number of fused-ring (bicyclic) bond motifs is 1. The minimum Gasteiger partial charge on any atom is -0.465 e. The Morgan fingerprint density at radius 2 is 1.90 bits per heavy atom. The fraction of sp³-hybridized carbons (Fsp3) is 0.364. The lowest BCUT2D eigenvalue weighted by molar-refractivity contribution is -0.144. The Bertz CT molecular complexity index is 972. The van der Waals surface area contributed by atoms with E-state index < -0.39 is 17.8 Å². The molecular weight excluding hydrogens is 436 g/mol. The van der Waals surface area contributed by atoms with Crippen LogP contribution in [-0.4, -0.2) is 36.7 Å². The Morgan fingerprint density at radius 1 is 1.13 bits per heavy atom. The number of hydrogen-bond donors (Lipinski definition) is 2. The van der Waals surface area contributed by atoms with Crippen molar-refractivity contribution in [3.05, 3.63) is 51.9 Å². The third-order valence-corrected chi connectivity index (χ3v) is 6.25. The summed E-state index contributed by atoms with van der Waals surface area (Å²) in [6.45, 7) is 0.268. The van der Waals surface area contributed by atoms with E-state index in [1.807, 2.05) is 30.3 Å². The number of esters is 2. The van der Waals surface area contributed by atoms with Crippen LogP contribution < -0.4 is 10.6 Å². The first-order chi connectivity index (χ1) is 15.0. The van der Waals surface area contributed by atoms with Gasteiger partial charge in [-0.05, 0) is 42.6 Å². The molecule has 7 nitrogen and oxygen atoms in total. The number of benzene rings is 1. The Labute approximate surface area is 190 Å². The molecule has 0 spiro atoms. The molecule has 0 unspecified atom stereocenters. The van der Waals surface area contributed by atoms with Gasteiger partial charge in [-0.25, -0.2) is 4.79 Å². The van der Waals surface area contributed by atoms with Crippen LogP contribution in [0.25, 0.3) is 0 Å². The van der Waals surface area contributed by atoms with Gasteiger partial charge in [0, 0.05) is 17.7 Å². The normalized spacial score (nSPS) is 12.0. The molecule has 1 aliphatic carbocycles. The first kappa shape index (κ1) is 22.9. The molecule has 9 heteroatoms. The number of aryl methyl sites for hydroxylation is 1. The SMILES string of the molecule is COC(=O)c1c(NC(=S)NC(=O)CCC(=O)OCCc2ccccc2)sc2c1CCC2. The Balaban J connectivity index is 1.42. The number of anilines is 1. The summed E-state index contributed by atoms with van der Waals surface area (Å²) in [4.78, 5) is 37.3. The number of amides is 1. The predicted octanol–water partition coefficient (Wildman–Crippen LogP) is 3.40. The number of carbonyl (C=O) groups is 3. The molecule has 0 saturated heterocycles. The quantitative estimate of drug-likeness (QED) is 0.461. The standard InChI is InChI=1S/C22H24N2O5S2/c1-28-21(27)19-15-8-5-9-16(15)31-20(19)24-22(30)23-17(25)10-11-18(26)29-13-12-14-6-3-2-4-7-14/h2-4,6-7H,5,8-13H2,1H3,(H2,23,24,25,30). The number of thiocarbonyl (C=S) groups is 1. The molecule has 1 aromatic carbocycles. The summed E-state index contributed by atoms with van der Waals surface area (Å²) in [7, 11) is 1.34. The van der Waals surface area contributed by atoms with Gasteiger partial charge in [0.2, 0.25) is 5.91 Å². The summed E-state index contributed by atoms with van der Waals surface area (Å²) < 4.78 is 10.1. The van der Waals surface area contributed by atoms with Crippen molar-refractivity contribution in [2.45, 2.75) is 38.5 Å². The average Bonchev–Trinajstić information content (AvgIpc) is 3.33. The summed E-state index contributed by atoms with van der Waals surface area (Å²) in [6.07, 6.45) is 3.29. The van der Waals surface area contributed by atoms with Gasteiger partial charge in [0.05, 0.1) is 25.7 Å². The van der Waals surface area contributed by atoms with Crippen molar-refractivity contribution >= 4 is 51.5 Å². The van der Waals surface area contributed by atoms with Crippen LogP contribution in [0.15, 0.2) is 30.3 Å². The number of carbonyl (C=O) groups excluding carboxylic acids is 3. The van der Waals surface area contributed by atoms with Gasteiger partial charge >= 0.3 is 11.9 Å². The molecule has 0 aliphatic heterocycles. The maximum Gasteiger partial charge on any atom is 0.341 e. The second kappa shape index (κ2) is 11.0. The Hall–Kier alpha value is -2.78. The van der Waals surface area contributed by atoms with Gasteiger partial charge < -0.3 is 20.1 Å². The zero-order valence-corrected chi connectivity index (χ0v) is 18.8. The van der Waals surface area contributed by atoms with E-state index in [1.165, 1.54) is 18.4 Å². The first-order valence-electron chi connectivity index (χ1n) is 10.0. The fourth-order valence-electron chi connectivity index (χ4n) is 3.35. The van der Waals surface area contributed by atoms with Gasteiger partial charge in [-0.2, -0.15) is 0 Å². The van der Waals surface area contributed by atoms with Gasteiger partial charge in [0.1, 0.15) is 5.00 Å². The van der Waals surface area contributed by atoms with Crippen molar-refractivity contribution in [3.63, 3.8) is 0 Å². The molecule has 2 aromatic rings. The molecule has 0 fully saturated rings. The highest BCUT2D eigenvalue weighted by Gasteiger charge is 2.27. The average molecular weight is 461 g/mol. The topological polar surface area (TPSA) is 93.7 Å². The van der Waals surface area contributed by atoms with Crippen LogP contribution in [0.1, 0.15) is 45.6 Å². The van der Waals surface area contributed by atoms with Crippen molar-refractivity contribution in [2.24, 2.45) is 0 Å². The Morgan fingerprint density at radius 3 is 2.65 bits per heavy atom. The smallest absolute Gasteiger partial charge is 0.341 e. The summed E-state index contributed by atoms with van der Waals surface area (Å²) >= 11 is 6.65. The molecule has 0 saturated carbocycles. The van der Waals surface area contributed by atoms with Crippen molar-refractivity contribution in [2.75, 3.05) is 19.0 Å². The monoisotopic (exact) mass is 460 g/mol. The molecule has 2 N–H and O–H groups in total. The number of rotatable bonds is 8. The van der Waals surface area contributed by atoms with E-state index in [2.05, 4.69) is 10.6 Å². The number of nitrogens with one attached hydrogen (secondary N) is 2. The summed E-state index contributed by atoms with van der Waals surface area (Å²) in [5.74, 6) is -1.26. The lowest BCUT2D eigenvalue weighted by Gasteiger charge is -2.10. The lowest BCUT2D eigenvalue weighted by atomic mass is 10.1. The number of methoxy groups -OCH3 is 1. The molecule has 1 aromatic heterocycles. The molecule has 1 heterocycles. The third kappa shape index (κ3) is 6.35. The minimum absolute atomic E-state index is 0.0378. The number of thiophene rings is 1. The van der Waals surface area contributed by atoms with Gasteiger partial charge in [-0.15, -0.1) is 11.3 Å². The van der Waals surface area contributed by atoms with Crippen molar-refractivity contribution in [1.29, 1.82) is 0 Å². The van der Waals surface area contributed by atoms with Crippen molar-refractivity contribution in [3.8, 4) is 0 Å². The minimum atomic E-state index is -0.437. The predicted molar refractivity (Wildman–Crippen MR) is 122 cm³/mol. The van der Waals surface area contributed by atoms with Gasteiger partial charge in [-0.1, -0.05) is 30.3 Å². The molecule has 164 valence electrons. The maximum atomic E-state index is 12.2. The van der Waals surface area contributed by atoms with Gasteiger partial charge in [0.25, 0.3) is 0 Å². The molecule has 1 aliphatic rings. The van der Waals surface area contributed by atoms with E-state index >= 15 is 0 Å². The van der Waals surface area contributed by atoms with Crippen LogP contribution in [0.4, 0.5) is 5.00 Å². The zero-order chi connectivity index (χ0) is 22.2. The molecule has 0 radical (unpaired) electrons. The number of hydrogen-bond acceptors (Lipinski definition) is 7. The van der Waals surface area contributed by atoms with Crippen LogP contribution in [0, 0.1) is 0 Å². The van der Waals surface area contributed by atoms with Gasteiger partial charge in [0.15, 0.2) is 5.11 Å². The van der Waals surface area contributed by atoms with Crippen LogP contribution in [0.2, 0.25) is 0 Å². The van der Waals surface area contributed by atoms with E-state index in [-0.39, 0.29) is 24.6 Å². The van der Waals surface area contributed by atoms with Crippen molar-refractivity contribution in [1.82, 2.24) is 5.32 Å². The van der Waals surface area contributed by atoms with Crippen LogP contribution in [-0.2, 0) is 38.3 Å². The van der Waals surface area contributed by atoms with Crippen LogP contribution in [0.5, 0.6) is 0 Å². The summed E-state index contributed by atoms with van der Waals surface area (Å²) in [5.41, 5.74) is 2.56. The maximum absolute atomic E-state index is 12.2. The van der Waals surface area contributed by atoms with E-state index in [0.29, 0.717) is 17.0 Å². The van der Waals surface area contributed by atoms with Crippen LogP contribution in [0.3, 0.4) is 0 Å². The lowest BCUT2D eigenvalue weighted by Crippen LogP contribution is -2.34. The van der Waals surface area contributed by atoms with Crippen LogP contribution >= 0.6 is 23.6 Å². The molecule has 0 atom stereocenters. The largest absolute Gasteiger partial charge is 0.465 e. The van der Waals surface area contributed by atoms with E-state index in [0.717, 1.165) is 35.3 Å². The van der Waals surface area contributed by atoms with E-state index in [4.69, 9.17) is 21.7 Å². The first-order valence-corrected chi connectivity index (χ1v) is 11.2. The second-order valence-corrected chi connectivity index (χ2v) is 8.52. The van der Waals surface area contributed by atoms with Crippen molar-refractivity contribution < 1.29 is 23.9 Å². The highest BCUT2D eigenvalue weighted by molar-refractivity contribution is 7.80. The molecular formula is C22H24N2O5S2. The summed E-state index contributed by atoms with van der Waals surface area (Å²) in [5, 5.41) is 6.12. The molecule has 3 rings (SSSR count). The fourth-order valence-corrected chi connectivity index (χ4v) is 4.91. The molecule has 0 bridgehead atoms.